The Kier molecular flexibility index (Phi) is 34.7. The van der Waals surface area contributed by atoms with Crippen molar-refractivity contribution in [2.24, 2.45) is 10.8 Å². The number of ketones is 2. The molecular weight excluding hydrogens is 944 g/mol. The van der Waals surface area contributed by atoms with Crippen LogP contribution in [0, 0.1) is 15.2 Å². The Morgan fingerprint density at radius 3 is 1.28 bits per heavy atom. The van der Waals surface area contributed by atoms with Gasteiger partial charge in [0.05, 0.1) is 24.0 Å². The van der Waals surface area contributed by atoms with Crippen LogP contribution in [0.3, 0.4) is 0 Å². The van der Waals surface area contributed by atoms with E-state index in [1.165, 1.54) is 12.8 Å². The fourth-order valence-electron chi connectivity index (χ4n) is 6.54. The predicted octanol–water partition coefficient (Wildman–Crippen LogP) is 13.9. The van der Waals surface area contributed by atoms with Crippen LogP contribution in [0.4, 0.5) is 0 Å². The number of hydrogen-bond acceptors (Lipinski definition) is 11. The van der Waals surface area contributed by atoms with E-state index in [-0.39, 0.29) is 37.9 Å². The molecule has 4 aromatic rings. The molecular formula is C61H77AlBNO10. The molecule has 0 saturated heterocycles. The van der Waals surface area contributed by atoms with Crippen LogP contribution in [0.1, 0.15) is 157 Å². The quantitative estimate of drug-likeness (QED) is 0.0110. The number of carbonyl (C=O) groups is 6. The molecule has 0 aliphatic heterocycles. The summed E-state index contributed by atoms with van der Waals surface area (Å²) in [7, 11) is 0. The summed E-state index contributed by atoms with van der Waals surface area (Å²) in [4.78, 5) is 72.9. The van der Waals surface area contributed by atoms with Crippen molar-refractivity contribution in [3.8, 4) is 11.5 Å². The first-order valence-corrected chi connectivity index (χ1v) is 25.5. The van der Waals surface area contributed by atoms with Gasteiger partial charge in [-0.2, -0.15) is 0 Å². The molecule has 4 radical (unpaired) electrons. The summed E-state index contributed by atoms with van der Waals surface area (Å²) in [6, 6.07) is 31.1. The molecule has 74 heavy (non-hydrogen) atoms. The summed E-state index contributed by atoms with van der Waals surface area (Å²) < 4.78 is 26.9. The Bertz CT molecular complexity index is 2370. The monoisotopic (exact) mass is 1020 g/mol. The van der Waals surface area contributed by atoms with Gasteiger partial charge in [0.15, 0.2) is 11.6 Å². The van der Waals surface area contributed by atoms with Gasteiger partial charge >= 0.3 is 44.3 Å². The van der Waals surface area contributed by atoms with Gasteiger partial charge in [-0.25, -0.2) is 9.59 Å². The van der Waals surface area contributed by atoms with Crippen LogP contribution < -0.4 is 9.47 Å². The first-order valence-electron chi connectivity index (χ1n) is 24.9. The Morgan fingerprint density at radius 1 is 0.514 bits per heavy atom. The minimum atomic E-state index is -0.749. The van der Waals surface area contributed by atoms with Crippen molar-refractivity contribution in [2.75, 3.05) is 13.2 Å². The number of allylic oxidation sites excluding steroid dienone is 2. The molecule has 0 aromatic heterocycles. The zero-order valence-corrected chi connectivity index (χ0v) is 45.9. The third-order valence-corrected chi connectivity index (χ3v) is 11.6. The number of hydrogen-bond donors (Lipinski definition) is 1. The van der Waals surface area contributed by atoms with Crippen molar-refractivity contribution in [3.63, 3.8) is 0 Å². The van der Waals surface area contributed by atoms with Crippen LogP contribution in [0.15, 0.2) is 159 Å². The van der Waals surface area contributed by atoms with Crippen LogP contribution >= 0.6 is 0 Å². The van der Waals surface area contributed by atoms with E-state index in [0.29, 0.717) is 77.4 Å². The Hall–Kier alpha value is -6.54. The third kappa shape index (κ3) is 26.4. The SMILES string of the molecule is C=C(C)C(=O)Oc1ccc(C(=O)c2ccccc2)cc1.C=CCCCCCCOC(=O)C(=C)C.C=CCCCCCCOC(=O)C(C)(C)CCC(C)(CC)C(=O)Oc1ccc(C(=O)c2ccccc2)cc1.[B].[NH]=[Al]. The molecule has 1 unspecified atom stereocenters. The van der Waals surface area contributed by atoms with Gasteiger partial charge in [-0.05, 0) is 141 Å². The van der Waals surface area contributed by atoms with E-state index in [1.54, 1.807) is 103 Å². The second kappa shape index (κ2) is 38.1. The Morgan fingerprint density at radius 2 is 0.892 bits per heavy atom. The Balaban J connectivity index is 0.00000120. The van der Waals surface area contributed by atoms with E-state index in [0.717, 1.165) is 51.4 Å². The van der Waals surface area contributed by atoms with Crippen LogP contribution in [-0.4, -0.2) is 73.2 Å². The molecule has 1 N–H and O–H groups in total. The average molecular weight is 1020 g/mol. The molecule has 0 aliphatic carbocycles. The number of unbranched alkanes of at least 4 members (excludes halogenated alkanes) is 8. The van der Waals surface area contributed by atoms with Gasteiger partial charge in [-0.15, -0.1) is 13.2 Å². The third-order valence-electron chi connectivity index (χ3n) is 11.6. The van der Waals surface area contributed by atoms with Crippen molar-refractivity contribution < 1.29 is 47.7 Å². The minimum absolute atomic E-state index is 0. The zero-order chi connectivity index (χ0) is 54.7. The molecule has 0 saturated carbocycles. The van der Waals surface area contributed by atoms with Crippen LogP contribution in [0.2, 0.25) is 0 Å². The molecule has 0 fully saturated rings. The Labute approximate surface area is 451 Å². The molecule has 0 amide bonds. The molecule has 0 spiro atoms. The van der Waals surface area contributed by atoms with Crippen molar-refractivity contribution in [1.29, 1.82) is 4.35 Å². The molecule has 4 rings (SSSR count). The maximum absolute atomic E-state index is 13.1. The average Bonchev–Trinajstić information content (AvgIpc) is 3.40. The van der Waals surface area contributed by atoms with Gasteiger partial charge in [0.1, 0.15) is 11.5 Å². The van der Waals surface area contributed by atoms with E-state index in [9.17, 15) is 28.8 Å². The fraction of sp³-hybridized carbons (Fsp3) is 0.377. The topological polar surface area (TPSA) is 163 Å². The number of carbonyl (C=O) groups excluding carboxylic acids is 6. The molecule has 0 aliphatic rings. The summed E-state index contributed by atoms with van der Waals surface area (Å²) >= 11 is 1.67. The van der Waals surface area contributed by atoms with E-state index < -0.39 is 16.8 Å². The van der Waals surface area contributed by atoms with E-state index in [4.69, 9.17) is 23.3 Å². The summed E-state index contributed by atoms with van der Waals surface area (Å²) in [5.74, 6) is -0.709. The van der Waals surface area contributed by atoms with Gasteiger partial charge in [0.25, 0.3) is 0 Å². The van der Waals surface area contributed by atoms with E-state index >= 15 is 0 Å². The molecule has 13 heteroatoms. The zero-order valence-electron chi connectivity index (χ0n) is 44.7. The summed E-state index contributed by atoms with van der Waals surface area (Å²) in [6.07, 6.45) is 16.0. The van der Waals surface area contributed by atoms with Gasteiger partial charge in [-0.3, -0.25) is 19.2 Å². The number of rotatable bonds is 28. The molecule has 392 valence electrons. The van der Waals surface area contributed by atoms with Crippen LogP contribution in [0.5, 0.6) is 11.5 Å². The summed E-state index contributed by atoms with van der Waals surface area (Å²) in [6.45, 7) is 26.1. The molecule has 4 aromatic carbocycles. The van der Waals surface area contributed by atoms with Crippen molar-refractivity contribution in [2.45, 2.75) is 125 Å². The second-order valence-electron chi connectivity index (χ2n) is 18.3. The molecule has 0 heterocycles. The van der Waals surface area contributed by atoms with Crippen LogP contribution in [-0.2, 0) is 28.7 Å². The first-order chi connectivity index (χ1) is 34.9. The predicted molar refractivity (Wildman–Crippen MR) is 298 cm³/mol. The second-order valence-corrected chi connectivity index (χ2v) is 18.3. The number of nitrogens with one attached hydrogen (secondary N) is 1. The van der Waals surface area contributed by atoms with Crippen molar-refractivity contribution in [3.05, 3.63) is 181 Å². The molecule has 0 bridgehead atoms. The number of ether oxygens (including phenoxy) is 4. The fourth-order valence-corrected chi connectivity index (χ4v) is 6.54. The van der Waals surface area contributed by atoms with Gasteiger partial charge in [0.2, 0.25) is 0 Å². The van der Waals surface area contributed by atoms with E-state index in [1.807, 2.05) is 76.2 Å². The first kappa shape index (κ1) is 67.5. The van der Waals surface area contributed by atoms with Crippen LogP contribution in [0.25, 0.3) is 0 Å². The number of benzene rings is 4. The standard InChI is InChI=1S/C32H42O5.C17H14O3.C12H20O2.Al.B.HN/c1-6-8-9-10-11-15-24-36-29(34)31(3,4)22-23-32(5,7-2)30(35)37-27-20-18-26(19-21-27)28(33)25-16-13-12-14-17-25;1-12(2)17(19)20-15-10-8-14(9-11-15)16(18)13-6-4-3-5-7-13;1-4-5-6-7-8-9-10-14-12(13)11(2)3;;;/h6,12-14,16-21H,1,7-11,15,22-24H2,2-5H3;3-11H,1H2,2H3;4H,1-2,5-10H2,3H3;;;1H. The molecule has 1 atom stereocenters. The van der Waals surface area contributed by atoms with Crippen molar-refractivity contribution >= 4 is 60.0 Å². The van der Waals surface area contributed by atoms with Gasteiger partial charge in [-0.1, -0.05) is 119 Å². The normalized spacial score (nSPS) is 10.9. The summed E-state index contributed by atoms with van der Waals surface area (Å²) in [5.41, 5.74) is 1.66. The van der Waals surface area contributed by atoms with Gasteiger partial charge < -0.3 is 18.9 Å². The molecule has 11 nitrogen and oxygen atoms in total. The number of esters is 4. The summed E-state index contributed by atoms with van der Waals surface area (Å²) in [5, 5.41) is 0. The van der Waals surface area contributed by atoms with E-state index in [2.05, 4.69) is 26.3 Å². The maximum atomic E-state index is 13.1. The van der Waals surface area contributed by atoms with Gasteiger partial charge in [0, 0.05) is 41.8 Å². The van der Waals surface area contributed by atoms with Crippen molar-refractivity contribution in [1.82, 2.24) is 0 Å².